The van der Waals surface area contributed by atoms with Gasteiger partial charge in [-0.1, -0.05) is 0 Å². The molecule has 0 aliphatic heterocycles. The number of halogens is 1. The number of nitro groups is 1. The zero-order valence-corrected chi connectivity index (χ0v) is 12.1. The van der Waals surface area contributed by atoms with Crippen LogP contribution in [0.25, 0.3) is 0 Å². The summed E-state index contributed by atoms with van der Waals surface area (Å²) in [5.74, 6) is 0. The molecule has 1 aliphatic carbocycles. The second kappa shape index (κ2) is 5.83. The summed E-state index contributed by atoms with van der Waals surface area (Å²) in [4.78, 5) is 10.7. The number of benzene rings is 1. The Bertz CT molecular complexity index is 445. The van der Waals surface area contributed by atoms with Crippen molar-refractivity contribution in [3.63, 3.8) is 0 Å². The zero-order chi connectivity index (χ0) is 13.1. The Morgan fingerprint density at radius 2 is 2.00 bits per heavy atom. The molecule has 1 aromatic rings. The predicted octanol–water partition coefficient (Wildman–Crippen LogP) is 2.88. The lowest BCUT2D eigenvalue weighted by Gasteiger charge is -2.27. The van der Waals surface area contributed by atoms with Gasteiger partial charge in [0.15, 0.2) is 0 Å². The first kappa shape index (κ1) is 13.5. The first-order valence-corrected chi connectivity index (χ1v) is 7.10. The monoisotopic (exact) mass is 361 g/mol. The molecule has 18 heavy (non-hydrogen) atoms. The number of hydrogen-bond acceptors (Lipinski definition) is 4. The van der Waals surface area contributed by atoms with Crippen LogP contribution in [-0.2, 0) is 0 Å². The maximum absolute atomic E-state index is 11.0. The lowest BCUT2D eigenvalue weighted by molar-refractivity contribution is -0.384. The molecule has 1 aromatic carbocycles. The Labute approximate surface area is 119 Å². The van der Waals surface area contributed by atoms with E-state index in [2.05, 4.69) is 27.9 Å². The van der Waals surface area contributed by atoms with Gasteiger partial charge >= 0.3 is 0 Å². The molecule has 1 fully saturated rings. The van der Waals surface area contributed by atoms with Crippen LogP contribution in [-0.4, -0.2) is 17.0 Å². The third-order valence-electron chi connectivity index (χ3n) is 3.29. The van der Waals surface area contributed by atoms with E-state index in [1.807, 2.05) is 6.07 Å². The molecule has 3 N–H and O–H groups in total. The first-order chi connectivity index (χ1) is 8.56. The number of anilines is 1. The lowest BCUT2D eigenvalue weighted by atomic mass is 9.91. The third-order valence-corrected chi connectivity index (χ3v) is 3.96. The second-order valence-corrected chi connectivity index (χ2v) is 5.92. The molecule has 98 valence electrons. The summed E-state index contributed by atoms with van der Waals surface area (Å²) in [6.45, 7) is 0. The van der Waals surface area contributed by atoms with Crippen LogP contribution in [0.2, 0.25) is 0 Å². The molecular formula is C12H16IN3O2. The van der Waals surface area contributed by atoms with E-state index >= 15 is 0 Å². The Balaban J connectivity index is 2.11. The van der Waals surface area contributed by atoms with Gasteiger partial charge in [0.25, 0.3) is 5.69 Å². The molecular weight excluding hydrogens is 345 g/mol. The van der Waals surface area contributed by atoms with Crippen LogP contribution in [0.5, 0.6) is 0 Å². The van der Waals surface area contributed by atoms with E-state index in [1.165, 1.54) is 0 Å². The van der Waals surface area contributed by atoms with E-state index in [1.54, 1.807) is 12.1 Å². The lowest BCUT2D eigenvalue weighted by Crippen LogP contribution is -2.32. The van der Waals surface area contributed by atoms with Crippen molar-refractivity contribution < 1.29 is 4.92 Å². The van der Waals surface area contributed by atoms with Crippen LogP contribution in [0.1, 0.15) is 25.7 Å². The molecule has 2 rings (SSSR count). The Hall–Kier alpha value is -0.890. The average Bonchev–Trinajstić information content (AvgIpc) is 2.34. The number of nitrogens with zero attached hydrogens (tertiary/aromatic N) is 1. The molecule has 0 amide bonds. The van der Waals surface area contributed by atoms with Gasteiger partial charge in [-0.3, -0.25) is 10.1 Å². The van der Waals surface area contributed by atoms with E-state index in [0.717, 1.165) is 29.3 Å². The summed E-state index contributed by atoms with van der Waals surface area (Å²) in [5, 5.41) is 14.3. The highest BCUT2D eigenvalue weighted by atomic mass is 127. The average molecular weight is 361 g/mol. The van der Waals surface area contributed by atoms with Gasteiger partial charge < -0.3 is 11.1 Å². The quantitative estimate of drug-likeness (QED) is 0.493. The highest BCUT2D eigenvalue weighted by molar-refractivity contribution is 14.1. The third kappa shape index (κ3) is 3.32. The maximum Gasteiger partial charge on any atom is 0.293 e. The fourth-order valence-electron chi connectivity index (χ4n) is 2.26. The molecule has 0 saturated heterocycles. The fraction of sp³-hybridized carbons (Fsp3) is 0.500. The fourth-order valence-corrected chi connectivity index (χ4v) is 2.74. The Morgan fingerprint density at radius 3 is 2.61 bits per heavy atom. The standard InChI is InChI=1S/C12H16IN3O2/c13-8-1-6-11(12(7-8)16(17)18)15-10-4-2-9(14)3-5-10/h1,6-7,9-10,15H,2-5,14H2. The zero-order valence-electron chi connectivity index (χ0n) is 9.93. The van der Waals surface area contributed by atoms with Crippen molar-refractivity contribution in [3.05, 3.63) is 31.9 Å². The van der Waals surface area contributed by atoms with Crippen LogP contribution < -0.4 is 11.1 Å². The largest absolute Gasteiger partial charge is 0.377 e. The Kier molecular flexibility index (Phi) is 4.39. The van der Waals surface area contributed by atoms with Crippen molar-refractivity contribution in [1.29, 1.82) is 0 Å². The van der Waals surface area contributed by atoms with Gasteiger partial charge in [0.05, 0.1) is 4.92 Å². The second-order valence-electron chi connectivity index (χ2n) is 4.67. The van der Waals surface area contributed by atoms with Crippen LogP contribution in [0.15, 0.2) is 18.2 Å². The summed E-state index contributed by atoms with van der Waals surface area (Å²) < 4.78 is 0.871. The minimum absolute atomic E-state index is 0.150. The summed E-state index contributed by atoms with van der Waals surface area (Å²) in [7, 11) is 0. The van der Waals surface area contributed by atoms with Crippen molar-refractivity contribution in [3.8, 4) is 0 Å². The molecule has 0 aromatic heterocycles. The molecule has 0 radical (unpaired) electrons. The molecule has 0 heterocycles. The van der Waals surface area contributed by atoms with Crippen molar-refractivity contribution >= 4 is 34.0 Å². The summed E-state index contributed by atoms with van der Waals surface area (Å²) in [5.41, 5.74) is 6.61. The van der Waals surface area contributed by atoms with Crippen molar-refractivity contribution in [1.82, 2.24) is 0 Å². The highest BCUT2D eigenvalue weighted by Crippen LogP contribution is 2.29. The van der Waals surface area contributed by atoms with Gasteiger partial charge in [-0.2, -0.15) is 0 Å². The Morgan fingerprint density at radius 1 is 1.33 bits per heavy atom. The summed E-state index contributed by atoms with van der Waals surface area (Å²) in [6.07, 6.45) is 3.92. The van der Waals surface area contributed by atoms with E-state index in [0.29, 0.717) is 11.7 Å². The first-order valence-electron chi connectivity index (χ1n) is 6.02. The van der Waals surface area contributed by atoms with Gasteiger partial charge in [-0.15, -0.1) is 0 Å². The molecule has 6 heteroatoms. The molecule has 1 aliphatic rings. The number of hydrogen-bond donors (Lipinski definition) is 2. The van der Waals surface area contributed by atoms with Gasteiger partial charge in [0, 0.05) is 21.7 Å². The molecule has 0 atom stereocenters. The van der Waals surface area contributed by atoms with E-state index in [-0.39, 0.29) is 16.7 Å². The molecule has 0 bridgehead atoms. The van der Waals surface area contributed by atoms with Crippen LogP contribution in [0.3, 0.4) is 0 Å². The summed E-state index contributed by atoms with van der Waals surface area (Å²) in [6, 6.07) is 5.84. The van der Waals surface area contributed by atoms with Crippen molar-refractivity contribution in [2.75, 3.05) is 5.32 Å². The highest BCUT2D eigenvalue weighted by Gasteiger charge is 2.21. The van der Waals surface area contributed by atoms with Gasteiger partial charge in [0.1, 0.15) is 5.69 Å². The maximum atomic E-state index is 11.0. The molecule has 0 unspecified atom stereocenters. The van der Waals surface area contributed by atoms with E-state index in [4.69, 9.17) is 5.73 Å². The SMILES string of the molecule is NC1CCC(Nc2ccc(I)cc2[N+](=O)[O-])CC1. The van der Waals surface area contributed by atoms with Gasteiger partial charge in [-0.25, -0.2) is 0 Å². The molecule has 1 saturated carbocycles. The van der Waals surface area contributed by atoms with Crippen LogP contribution in [0.4, 0.5) is 11.4 Å². The van der Waals surface area contributed by atoms with Crippen molar-refractivity contribution in [2.45, 2.75) is 37.8 Å². The van der Waals surface area contributed by atoms with Gasteiger partial charge in [0.2, 0.25) is 0 Å². The summed E-state index contributed by atoms with van der Waals surface area (Å²) >= 11 is 2.08. The minimum Gasteiger partial charge on any atom is -0.377 e. The van der Waals surface area contributed by atoms with Crippen molar-refractivity contribution in [2.24, 2.45) is 5.73 Å². The number of rotatable bonds is 3. The number of nitro benzene ring substituents is 1. The molecule has 5 nitrogen and oxygen atoms in total. The number of nitrogens with two attached hydrogens (primary N) is 1. The smallest absolute Gasteiger partial charge is 0.293 e. The van der Waals surface area contributed by atoms with Crippen LogP contribution in [0, 0.1) is 13.7 Å². The minimum atomic E-state index is -0.334. The van der Waals surface area contributed by atoms with Gasteiger partial charge in [-0.05, 0) is 60.4 Å². The molecule has 0 spiro atoms. The van der Waals surface area contributed by atoms with Crippen LogP contribution >= 0.6 is 22.6 Å². The number of nitrogens with one attached hydrogen (secondary N) is 1. The topological polar surface area (TPSA) is 81.2 Å². The predicted molar refractivity (Wildman–Crippen MR) is 79.7 cm³/mol. The normalized spacial score (nSPS) is 23.7. The van der Waals surface area contributed by atoms with E-state index in [9.17, 15) is 10.1 Å². The van der Waals surface area contributed by atoms with E-state index < -0.39 is 0 Å².